The van der Waals surface area contributed by atoms with Crippen LogP contribution in [0.15, 0.2) is 22.3 Å². The van der Waals surface area contributed by atoms with Crippen LogP contribution in [0.5, 0.6) is 0 Å². The Labute approximate surface area is 139 Å². The molecule has 0 aliphatic heterocycles. The fourth-order valence-corrected chi connectivity index (χ4v) is 4.04. The van der Waals surface area contributed by atoms with Crippen LogP contribution in [0.1, 0.15) is 85.5 Å². The third kappa shape index (κ3) is 4.98. The van der Waals surface area contributed by atoms with Crippen molar-refractivity contribution in [1.82, 2.24) is 4.90 Å². The molecule has 1 nitrogen and oxygen atoms in total. The van der Waals surface area contributed by atoms with Gasteiger partial charge in [0.2, 0.25) is 0 Å². The minimum absolute atomic E-state index is 0.771. The van der Waals surface area contributed by atoms with E-state index < -0.39 is 0 Å². The highest BCUT2D eigenvalue weighted by molar-refractivity contribution is 5.50. The SMILES string of the molecule is CCCC1=C(CCC)C(CCC)C(CCN(C)C)=C1CCC. The third-order valence-electron chi connectivity index (χ3n) is 4.91. The standard InChI is InChI=1S/C21H39N/c1-7-11-17-18(12-8-2)20(14-10-4)21(15-16-22(5)6)19(17)13-9-3/h19H,7-16H2,1-6H3. The average Bonchev–Trinajstić information content (AvgIpc) is 2.73. The van der Waals surface area contributed by atoms with Gasteiger partial charge in [-0.25, -0.2) is 0 Å². The molecule has 0 aromatic heterocycles. The second-order valence-corrected chi connectivity index (χ2v) is 7.15. The Morgan fingerprint density at radius 2 is 1.18 bits per heavy atom. The Kier molecular flexibility index (Phi) is 9.09. The van der Waals surface area contributed by atoms with Gasteiger partial charge in [0.15, 0.2) is 0 Å². The lowest BCUT2D eigenvalue weighted by Crippen LogP contribution is -2.16. The first-order chi connectivity index (χ1) is 10.6. The van der Waals surface area contributed by atoms with Gasteiger partial charge in [-0.05, 0) is 57.3 Å². The van der Waals surface area contributed by atoms with Crippen LogP contribution in [0.4, 0.5) is 0 Å². The molecule has 128 valence electrons. The fourth-order valence-electron chi connectivity index (χ4n) is 4.04. The van der Waals surface area contributed by atoms with Crippen LogP contribution in [0.25, 0.3) is 0 Å². The van der Waals surface area contributed by atoms with E-state index in [2.05, 4.69) is 46.7 Å². The summed E-state index contributed by atoms with van der Waals surface area (Å²) in [5.41, 5.74) is 7.18. The highest BCUT2D eigenvalue weighted by Crippen LogP contribution is 2.46. The van der Waals surface area contributed by atoms with Crippen molar-refractivity contribution in [2.24, 2.45) is 5.92 Å². The van der Waals surface area contributed by atoms with Gasteiger partial charge < -0.3 is 4.90 Å². The minimum atomic E-state index is 0.771. The summed E-state index contributed by atoms with van der Waals surface area (Å²) < 4.78 is 0. The highest BCUT2D eigenvalue weighted by Gasteiger charge is 2.30. The minimum Gasteiger partial charge on any atom is -0.309 e. The lowest BCUT2D eigenvalue weighted by Gasteiger charge is -2.21. The van der Waals surface area contributed by atoms with Gasteiger partial charge in [0, 0.05) is 12.5 Å². The summed E-state index contributed by atoms with van der Waals surface area (Å²) in [5, 5.41) is 0. The molecule has 0 fully saturated rings. The van der Waals surface area contributed by atoms with Crippen molar-refractivity contribution in [2.45, 2.75) is 85.5 Å². The van der Waals surface area contributed by atoms with E-state index in [4.69, 9.17) is 0 Å². The lowest BCUT2D eigenvalue weighted by molar-refractivity contribution is 0.404. The largest absolute Gasteiger partial charge is 0.309 e. The third-order valence-corrected chi connectivity index (χ3v) is 4.91. The van der Waals surface area contributed by atoms with Crippen molar-refractivity contribution >= 4 is 0 Å². The van der Waals surface area contributed by atoms with E-state index in [1.807, 2.05) is 11.1 Å². The molecule has 1 heteroatoms. The van der Waals surface area contributed by atoms with Gasteiger partial charge in [-0.1, -0.05) is 64.5 Å². The van der Waals surface area contributed by atoms with E-state index in [0.29, 0.717) is 0 Å². The smallest absolute Gasteiger partial charge is 0.00192 e. The Hall–Kier alpha value is -0.560. The molecule has 1 aliphatic carbocycles. The van der Waals surface area contributed by atoms with Crippen LogP contribution < -0.4 is 0 Å². The summed E-state index contributed by atoms with van der Waals surface area (Å²) in [5.74, 6) is 0.771. The quantitative estimate of drug-likeness (QED) is 0.429. The van der Waals surface area contributed by atoms with Crippen molar-refractivity contribution in [3.63, 3.8) is 0 Å². The van der Waals surface area contributed by atoms with E-state index >= 15 is 0 Å². The monoisotopic (exact) mass is 305 g/mol. The molecule has 0 amide bonds. The maximum Gasteiger partial charge on any atom is 0.00192 e. The molecule has 0 bridgehead atoms. The van der Waals surface area contributed by atoms with Crippen LogP contribution in [-0.4, -0.2) is 25.5 Å². The average molecular weight is 306 g/mol. The first-order valence-corrected chi connectivity index (χ1v) is 9.69. The Bertz CT molecular complexity index is 387. The van der Waals surface area contributed by atoms with Crippen LogP contribution in [0.3, 0.4) is 0 Å². The normalized spacial score (nSPS) is 19.0. The second-order valence-electron chi connectivity index (χ2n) is 7.15. The molecule has 0 saturated heterocycles. The molecule has 0 spiro atoms. The summed E-state index contributed by atoms with van der Waals surface area (Å²) in [4.78, 5) is 2.34. The molecule has 0 N–H and O–H groups in total. The fraction of sp³-hybridized carbons (Fsp3) is 0.810. The molecular weight excluding hydrogens is 266 g/mol. The number of allylic oxidation sites excluding steroid dienone is 3. The van der Waals surface area contributed by atoms with Gasteiger partial charge in [-0.15, -0.1) is 0 Å². The van der Waals surface area contributed by atoms with Crippen LogP contribution in [-0.2, 0) is 0 Å². The van der Waals surface area contributed by atoms with Gasteiger partial charge in [0.25, 0.3) is 0 Å². The van der Waals surface area contributed by atoms with Crippen molar-refractivity contribution in [3.8, 4) is 0 Å². The Morgan fingerprint density at radius 1 is 0.682 bits per heavy atom. The van der Waals surface area contributed by atoms with E-state index in [1.165, 1.54) is 64.3 Å². The van der Waals surface area contributed by atoms with E-state index in [9.17, 15) is 0 Å². The molecule has 0 radical (unpaired) electrons. The molecule has 0 aromatic carbocycles. The molecule has 1 rings (SSSR count). The van der Waals surface area contributed by atoms with Gasteiger partial charge >= 0.3 is 0 Å². The molecule has 0 heterocycles. The number of hydrogen-bond acceptors (Lipinski definition) is 1. The molecule has 0 aromatic rings. The van der Waals surface area contributed by atoms with Crippen LogP contribution in [0.2, 0.25) is 0 Å². The first-order valence-electron chi connectivity index (χ1n) is 9.69. The predicted octanol–water partition coefficient (Wildman–Crippen LogP) is 6.36. The molecule has 1 unspecified atom stereocenters. The van der Waals surface area contributed by atoms with Gasteiger partial charge in [-0.3, -0.25) is 0 Å². The van der Waals surface area contributed by atoms with Crippen molar-refractivity contribution in [2.75, 3.05) is 20.6 Å². The number of hydrogen-bond donors (Lipinski definition) is 0. The summed E-state index contributed by atoms with van der Waals surface area (Å²) in [6.07, 6.45) is 11.7. The molecular formula is C21H39N. The Balaban J connectivity index is 3.17. The van der Waals surface area contributed by atoms with Crippen LogP contribution in [0, 0.1) is 5.92 Å². The topological polar surface area (TPSA) is 3.24 Å². The van der Waals surface area contributed by atoms with Crippen molar-refractivity contribution in [3.05, 3.63) is 22.3 Å². The second kappa shape index (κ2) is 10.3. The van der Waals surface area contributed by atoms with E-state index in [-0.39, 0.29) is 0 Å². The molecule has 1 atom stereocenters. The van der Waals surface area contributed by atoms with Crippen molar-refractivity contribution in [1.29, 1.82) is 0 Å². The summed E-state index contributed by atoms with van der Waals surface area (Å²) in [6, 6.07) is 0. The lowest BCUT2D eigenvalue weighted by atomic mass is 9.86. The van der Waals surface area contributed by atoms with E-state index in [1.54, 1.807) is 11.1 Å². The maximum atomic E-state index is 2.35. The maximum absolute atomic E-state index is 2.35. The molecule has 22 heavy (non-hydrogen) atoms. The number of rotatable bonds is 11. The zero-order valence-electron chi connectivity index (χ0n) is 16.1. The van der Waals surface area contributed by atoms with E-state index in [0.717, 1.165) is 5.92 Å². The number of nitrogens with zero attached hydrogens (tertiary/aromatic N) is 1. The Morgan fingerprint density at radius 3 is 1.59 bits per heavy atom. The predicted molar refractivity (Wildman–Crippen MR) is 100 cm³/mol. The molecule has 1 aliphatic rings. The first kappa shape index (κ1) is 19.5. The zero-order chi connectivity index (χ0) is 16.5. The summed E-state index contributed by atoms with van der Waals surface area (Å²) in [6.45, 7) is 10.6. The van der Waals surface area contributed by atoms with Gasteiger partial charge in [-0.2, -0.15) is 0 Å². The summed E-state index contributed by atoms with van der Waals surface area (Å²) >= 11 is 0. The van der Waals surface area contributed by atoms with Gasteiger partial charge in [0.05, 0.1) is 0 Å². The van der Waals surface area contributed by atoms with Crippen LogP contribution >= 0.6 is 0 Å². The zero-order valence-corrected chi connectivity index (χ0v) is 16.1. The molecule has 0 saturated carbocycles. The highest BCUT2D eigenvalue weighted by atomic mass is 15.0. The van der Waals surface area contributed by atoms with Crippen molar-refractivity contribution < 1.29 is 0 Å². The van der Waals surface area contributed by atoms with Gasteiger partial charge in [0.1, 0.15) is 0 Å². The summed E-state index contributed by atoms with van der Waals surface area (Å²) in [7, 11) is 4.41.